The lowest BCUT2D eigenvalue weighted by Gasteiger charge is -2.35. The third-order valence-corrected chi connectivity index (χ3v) is 8.81. The predicted molar refractivity (Wildman–Crippen MR) is 182 cm³/mol. The number of likely N-dealkylation sites (tertiary alicyclic amines) is 1. The van der Waals surface area contributed by atoms with E-state index in [1.807, 2.05) is 19.9 Å². The monoisotopic (exact) mass is 654 g/mol. The van der Waals surface area contributed by atoms with E-state index in [1.54, 1.807) is 12.1 Å². The second-order valence-electron chi connectivity index (χ2n) is 12.7. The summed E-state index contributed by atoms with van der Waals surface area (Å²) in [5, 5.41) is 8.34. The summed E-state index contributed by atoms with van der Waals surface area (Å²) in [6, 6.07) is 10.3. The Labute approximate surface area is 276 Å². The van der Waals surface area contributed by atoms with Gasteiger partial charge >= 0.3 is 6.18 Å². The fraction of sp³-hybridized carbons (Fsp3) is 0.528. The number of rotatable bonds is 14. The summed E-state index contributed by atoms with van der Waals surface area (Å²) < 4.78 is 48.3. The maximum Gasteiger partial charge on any atom is 0.421 e. The molecule has 1 unspecified atom stereocenters. The Morgan fingerprint density at radius 2 is 1.81 bits per heavy atom. The molecule has 1 atom stereocenters. The molecule has 256 valence electrons. The van der Waals surface area contributed by atoms with E-state index in [4.69, 9.17) is 4.74 Å². The molecule has 0 aliphatic carbocycles. The maximum atomic E-state index is 14.0. The lowest BCUT2D eigenvalue weighted by Crippen LogP contribution is -2.36. The molecule has 47 heavy (non-hydrogen) atoms. The van der Waals surface area contributed by atoms with Crippen LogP contribution < -0.4 is 20.7 Å². The number of aryl methyl sites for hydroxylation is 1. The fourth-order valence-corrected chi connectivity index (χ4v) is 6.22. The molecule has 8 nitrogen and oxygen atoms in total. The summed E-state index contributed by atoms with van der Waals surface area (Å²) >= 11 is 0. The molecular weight excluding hydrogens is 605 g/mol. The lowest BCUT2D eigenvalue weighted by atomic mass is 9.86. The van der Waals surface area contributed by atoms with Crippen LogP contribution in [0.15, 0.2) is 42.6 Å². The number of para-hydroxylation sites is 1. The summed E-state index contributed by atoms with van der Waals surface area (Å²) in [4.78, 5) is 23.2. The number of anilines is 4. The highest BCUT2D eigenvalue weighted by Crippen LogP contribution is 2.40. The topological polar surface area (TPSA) is 91.4 Å². The van der Waals surface area contributed by atoms with Gasteiger partial charge in [0.2, 0.25) is 5.95 Å². The Balaban J connectivity index is 1.59. The third-order valence-electron chi connectivity index (χ3n) is 8.81. The number of unbranched alkanes of at least 4 members (excludes halogenated alkanes) is 1. The van der Waals surface area contributed by atoms with Gasteiger partial charge in [-0.05, 0) is 100 Å². The number of halogens is 3. The van der Waals surface area contributed by atoms with Crippen molar-refractivity contribution >= 4 is 29.0 Å². The summed E-state index contributed by atoms with van der Waals surface area (Å²) in [5.74, 6) is 0.778. The molecule has 0 spiro atoms. The van der Waals surface area contributed by atoms with Gasteiger partial charge < -0.3 is 25.6 Å². The summed E-state index contributed by atoms with van der Waals surface area (Å²) in [7, 11) is 1.46. The number of carbonyl (C=O) groups is 1. The number of nitrogens with one attached hydrogen (secondary N) is 3. The van der Waals surface area contributed by atoms with E-state index in [1.165, 1.54) is 50.4 Å². The average Bonchev–Trinajstić information content (AvgIpc) is 3.04. The van der Waals surface area contributed by atoms with Crippen LogP contribution >= 0.6 is 0 Å². The molecular formula is C36H49F3N6O2. The molecule has 2 aromatic carbocycles. The molecule has 0 bridgehead atoms. The molecule has 2 heterocycles. The number of amides is 1. The zero-order valence-corrected chi connectivity index (χ0v) is 28.4. The van der Waals surface area contributed by atoms with Crippen LogP contribution in [0.25, 0.3) is 0 Å². The first-order valence-corrected chi connectivity index (χ1v) is 16.8. The molecule has 1 aromatic heterocycles. The zero-order valence-electron chi connectivity index (χ0n) is 28.4. The van der Waals surface area contributed by atoms with E-state index >= 15 is 0 Å². The van der Waals surface area contributed by atoms with Crippen molar-refractivity contribution in [1.82, 2.24) is 20.2 Å². The second kappa shape index (κ2) is 16.3. The van der Waals surface area contributed by atoms with E-state index in [2.05, 4.69) is 57.7 Å². The SMILES string of the molecule is CCCCC(CC)CN1CCC(c2cc(OC(C)C)c(Nc3ncc(C(F)(F)F)c(Nc4ccccc4C(=O)NC)n3)cc2C)CC1. The minimum absolute atomic E-state index is 0.0412. The lowest BCUT2D eigenvalue weighted by molar-refractivity contribution is -0.137. The maximum absolute atomic E-state index is 14.0. The van der Waals surface area contributed by atoms with Gasteiger partial charge in [-0.25, -0.2) is 4.98 Å². The third kappa shape index (κ3) is 9.59. The predicted octanol–water partition coefficient (Wildman–Crippen LogP) is 8.83. The summed E-state index contributed by atoms with van der Waals surface area (Å²) in [6.07, 6.45) is 3.04. The Hall–Kier alpha value is -3.86. The van der Waals surface area contributed by atoms with Gasteiger partial charge in [0.1, 0.15) is 17.1 Å². The van der Waals surface area contributed by atoms with Crippen molar-refractivity contribution in [2.24, 2.45) is 5.92 Å². The molecule has 4 rings (SSSR count). The van der Waals surface area contributed by atoms with Crippen molar-refractivity contribution in [3.63, 3.8) is 0 Å². The first kappa shape index (κ1) is 36.0. The van der Waals surface area contributed by atoms with Crippen molar-refractivity contribution in [2.45, 2.75) is 91.3 Å². The van der Waals surface area contributed by atoms with Crippen LogP contribution in [-0.2, 0) is 6.18 Å². The van der Waals surface area contributed by atoms with Gasteiger partial charge in [-0.3, -0.25) is 4.79 Å². The van der Waals surface area contributed by atoms with Gasteiger partial charge in [-0.15, -0.1) is 0 Å². The zero-order chi connectivity index (χ0) is 34.1. The van der Waals surface area contributed by atoms with Crippen molar-refractivity contribution in [3.05, 3.63) is 64.8 Å². The van der Waals surface area contributed by atoms with E-state index in [9.17, 15) is 18.0 Å². The van der Waals surface area contributed by atoms with Crippen LogP contribution in [0, 0.1) is 12.8 Å². The van der Waals surface area contributed by atoms with Crippen LogP contribution in [0.4, 0.5) is 36.3 Å². The number of nitrogens with zero attached hydrogens (tertiary/aromatic N) is 3. The van der Waals surface area contributed by atoms with Gasteiger partial charge in [-0.2, -0.15) is 18.2 Å². The fourth-order valence-electron chi connectivity index (χ4n) is 6.22. The normalized spacial score (nSPS) is 15.0. The minimum Gasteiger partial charge on any atom is -0.489 e. The molecule has 11 heteroatoms. The standard InChI is InChI=1S/C36H49F3N6O2/c1-7-9-12-25(8-2)22-45-17-15-26(16-18-45)28-20-32(47-23(3)4)31(19-24(28)5)43-35-41-21-29(36(37,38)39)33(44-35)42-30-14-11-10-13-27(30)34(46)40-6/h10-11,13-14,19-21,23,25-26H,7-9,12,15-18,22H2,1-6H3,(H,40,46)(H2,41,42,43,44). The van der Waals surface area contributed by atoms with E-state index in [0.717, 1.165) is 50.2 Å². The average molecular weight is 655 g/mol. The van der Waals surface area contributed by atoms with Crippen molar-refractivity contribution < 1.29 is 22.7 Å². The Morgan fingerprint density at radius 3 is 2.45 bits per heavy atom. The molecule has 1 amide bonds. The first-order chi connectivity index (χ1) is 22.4. The Kier molecular flexibility index (Phi) is 12.5. The molecule has 0 radical (unpaired) electrons. The van der Waals surface area contributed by atoms with Crippen LogP contribution in [0.5, 0.6) is 5.75 Å². The molecule has 1 fully saturated rings. The van der Waals surface area contributed by atoms with Crippen molar-refractivity contribution in [1.29, 1.82) is 0 Å². The van der Waals surface area contributed by atoms with E-state index < -0.39 is 23.5 Å². The minimum atomic E-state index is -4.73. The number of hydrogen-bond acceptors (Lipinski definition) is 7. The molecule has 3 aromatic rings. The number of alkyl halides is 3. The van der Waals surface area contributed by atoms with Gasteiger partial charge in [0.25, 0.3) is 5.91 Å². The van der Waals surface area contributed by atoms with Gasteiger partial charge in [0.15, 0.2) is 0 Å². The second-order valence-corrected chi connectivity index (χ2v) is 12.7. The molecule has 1 aliphatic heterocycles. The highest BCUT2D eigenvalue weighted by atomic mass is 19.4. The van der Waals surface area contributed by atoms with Gasteiger partial charge in [0, 0.05) is 19.8 Å². The van der Waals surface area contributed by atoms with E-state index in [0.29, 0.717) is 17.4 Å². The smallest absolute Gasteiger partial charge is 0.421 e. The van der Waals surface area contributed by atoms with E-state index in [-0.39, 0.29) is 23.3 Å². The number of ether oxygens (including phenoxy) is 1. The van der Waals surface area contributed by atoms with Gasteiger partial charge in [0.05, 0.1) is 23.0 Å². The Bertz CT molecular complexity index is 1490. The van der Waals surface area contributed by atoms with Crippen molar-refractivity contribution in [3.8, 4) is 5.75 Å². The number of benzene rings is 2. The molecule has 1 aliphatic rings. The highest BCUT2D eigenvalue weighted by molar-refractivity contribution is 6.00. The molecule has 0 saturated carbocycles. The number of carbonyl (C=O) groups excluding carboxylic acids is 1. The first-order valence-electron chi connectivity index (χ1n) is 16.8. The number of piperidine rings is 1. The van der Waals surface area contributed by atoms with Gasteiger partial charge in [-0.1, -0.05) is 45.2 Å². The molecule has 1 saturated heterocycles. The number of hydrogen-bond donors (Lipinski definition) is 3. The summed E-state index contributed by atoms with van der Waals surface area (Å²) in [5.41, 5.74) is 2.18. The highest BCUT2D eigenvalue weighted by Gasteiger charge is 2.36. The number of aromatic nitrogens is 2. The Morgan fingerprint density at radius 1 is 1.09 bits per heavy atom. The molecule has 3 N–H and O–H groups in total. The largest absolute Gasteiger partial charge is 0.489 e. The van der Waals surface area contributed by atoms with Crippen LogP contribution in [-0.4, -0.2) is 53.6 Å². The van der Waals surface area contributed by atoms with Crippen molar-refractivity contribution in [2.75, 3.05) is 37.3 Å². The van der Waals surface area contributed by atoms with Crippen LogP contribution in [0.1, 0.15) is 99.2 Å². The van der Waals surface area contributed by atoms with Crippen LogP contribution in [0.2, 0.25) is 0 Å². The summed E-state index contributed by atoms with van der Waals surface area (Å²) in [6.45, 7) is 13.8. The van der Waals surface area contributed by atoms with Crippen LogP contribution in [0.3, 0.4) is 0 Å². The quantitative estimate of drug-likeness (QED) is 0.160.